The van der Waals surface area contributed by atoms with Gasteiger partial charge in [0.05, 0.1) is 26.9 Å². The molecule has 8 nitrogen and oxygen atoms in total. The molecule has 1 fully saturated rings. The molecule has 1 N–H and O–H groups in total. The average molecular weight is 435 g/mol. The van der Waals surface area contributed by atoms with Gasteiger partial charge in [0, 0.05) is 5.69 Å². The first-order chi connectivity index (χ1) is 14.9. The Morgan fingerprint density at radius 1 is 1.13 bits per heavy atom. The van der Waals surface area contributed by atoms with Gasteiger partial charge < -0.3 is 24.1 Å². The molecule has 0 unspecified atom stereocenters. The topological polar surface area (TPSA) is 95.9 Å². The number of hydrogen-bond acceptors (Lipinski definition) is 6. The van der Waals surface area contributed by atoms with E-state index >= 15 is 0 Å². The van der Waals surface area contributed by atoms with Crippen molar-refractivity contribution in [1.82, 2.24) is 9.88 Å². The molecule has 0 spiro atoms. The van der Waals surface area contributed by atoms with Gasteiger partial charge in [-0.05, 0) is 49.7 Å². The number of pyridine rings is 1. The monoisotopic (exact) mass is 434 g/mol. The molecule has 1 saturated heterocycles. The van der Waals surface area contributed by atoms with Gasteiger partial charge >= 0.3 is 5.97 Å². The van der Waals surface area contributed by atoms with Crippen LogP contribution >= 0.6 is 0 Å². The van der Waals surface area contributed by atoms with Crippen molar-refractivity contribution in [2.45, 2.75) is 77.7 Å². The molecule has 0 radical (unpaired) electrons. The highest BCUT2D eigenvalue weighted by molar-refractivity contribution is 5.96. The number of nitrogens with zero attached hydrogens (tertiary/aromatic N) is 1. The van der Waals surface area contributed by atoms with Gasteiger partial charge in [-0.25, -0.2) is 4.79 Å². The zero-order valence-electron chi connectivity index (χ0n) is 18.8. The van der Waals surface area contributed by atoms with E-state index in [0.29, 0.717) is 13.2 Å². The van der Waals surface area contributed by atoms with E-state index in [1.54, 1.807) is 10.6 Å². The molecule has 1 aliphatic carbocycles. The van der Waals surface area contributed by atoms with Crippen LogP contribution in [0.2, 0.25) is 0 Å². The third-order valence-electron chi connectivity index (χ3n) is 5.98. The number of amides is 1. The van der Waals surface area contributed by atoms with Crippen LogP contribution in [0.15, 0.2) is 10.9 Å². The molecule has 1 amide bonds. The highest BCUT2D eigenvalue weighted by atomic mass is 16.7. The minimum atomic E-state index is -0.822. The molecule has 8 heteroatoms. The Bertz CT molecular complexity index is 841. The number of carbonyl (C=O) groups excluding carboxylic acids is 2. The number of aromatic nitrogens is 1. The Labute approximate surface area is 183 Å². The SMILES string of the molecule is COC(=O)[C@@H](NC(=O)c1cc2c(n(CC3OCCCO3)c1=O)CCCCCC2)C(C)C. The summed E-state index contributed by atoms with van der Waals surface area (Å²) in [7, 11) is 1.28. The molecule has 1 aliphatic heterocycles. The fraction of sp³-hybridized carbons (Fsp3) is 0.696. The molecule has 2 aliphatic rings. The second-order valence-electron chi connectivity index (χ2n) is 8.60. The summed E-state index contributed by atoms with van der Waals surface area (Å²) in [5.74, 6) is -1.26. The molecule has 3 rings (SSSR count). The third kappa shape index (κ3) is 5.74. The number of esters is 1. The zero-order chi connectivity index (χ0) is 22.4. The summed E-state index contributed by atoms with van der Waals surface area (Å²) < 4.78 is 17.8. The molecule has 1 aromatic rings. The van der Waals surface area contributed by atoms with Crippen LogP contribution in [-0.4, -0.2) is 49.1 Å². The zero-order valence-corrected chi connectivity index (χ0v) is 18.8. The highest BCUT2D eigenvalue weighted by Gasteiger charge is 2.28. The van der Waals surface area contributed by atoms with Gasteiger partial charge in [0.15, 0.2) is 6.29 Å². The molecule has 2 heterocycles. The second-order valence-corrected chi connectivity index (χ2v) is 8.60. The quantitative estimate of drug-likeness (QED) is 0.690. The largest absolute Gasteiger partial charge is 0.467 e. The van der Waals surface area contributed by atoms with Crippen molar-refractivity contribution < 1.29 is 23.8 Å². The molecular weight excluding hydrogens is 400 g/mol. The van der Waals surface area contributed by atoms with Crippen LogP contribution < -0.4 is 10.9 Å². The normalized spacial score (nSPS) is 18.6. The Kier molecular flexibility index (Phi) is 8.26. The summed E-state index contributed by atoms with van der Waals surface area (Å²) in [6.45, 7) is 5.08. The lowest BCUT2D eigenvalue weighted by molar-refractivity contribution is -0.185. The highest BCUT2D eigenvalue weighted by Crippen LogP contribution is 2.21. The van der Waals surface area contributed by atoms with E-state index < -0.39 is 24.2 Å². The molecule has 31 heavy (non-hydrogen) atoms. The first-order valence-corrected chi connectivity index (χ1v) is 11.3. The van der Waals surface area contributed by atoms with Gasteiger partial charge in [0.2, 0.25) is 0 Å². The number of hydrogen-bond donors (Lipinski definition) is 1. The molecule has 0 bridgehead atoms. The molecular formula is C23H34N2O6. The van der Waals surface area contributed by atoms with Crippen LogP contribution in [0.1, 0.15) is 67.6 Å². The predicted molar refractivity (Wildman–Crippen MR) is 115 cm³/mol. The van der Waals surface area contributed by atoms with E-state index in [1.807, 2.05) is 13.8 Å². The van der Waals surface area contributed by atoms with Gasteiger partial charge in [-0.15, -0.1) is 0 Å². The fourth-order valence-corrected chi connectivity index (χ4v) is 4.22. The van der Waals surface area contributed by atoms with Crippen LogP contribution in [0.3, 0.4) is 0 Å². The Morgan fingerprint density at radius 3 is 2.45 bits per heavy atom. The number of rotatable bonds is 6. The van der Waals surface area contributed by atoms with E-state index in [1.165, 1.54) is 7.11 Å². The Balaban J connectivity index is 1.98. The van der Waals surface area contributed by atoms with E-state index in [-0.39, 0.29) is 23.6 Å². The maximum absolute atomic E-state index is 13.4. The smallest absolute Gasteiger partial charge is 0.328 e. The number of aryl methyl sites for hydroxylation is 1. The van der Waals surface area contributed by atoms with Gasteiger partial charge in [0.1, 0.15) is 11.6 Å². The molecule has 172 valence electrons. The van der Waals surface area contributed by atoms with Crippen LogP contribution in [0.5, 0.6) is 0 Å². The summed E-state index contributed by atoms with van der Waals surface area (Å²) in [6.07, 6.45) is 6.20. The van der Waals surface area contributed by atoms with Crippen LogP contribution in [0.25, 0.3) is 0 Å². The minimum absolute atomic E-state index is 0.0460. The van der Waals surface area contributed by atoms with Crippen molar-refractivity contribution in [2.75, 3.05) is 20.3 Å². The molecule has 1 aromatic heterocycles. The summed E-state index contributed by atoms with van der Waals surface area (Å²) in [5, 5.41) is 2.70. The van der Waals surface area contributed by atoms with Crippen molar-refractivity contribution in [2.24, 2.45) is 5.92 Å². The molecule has 0 saturated carbocycles. The molecule has 1 atom stereocenters. The van der Waals surface area contributed by atoms with E-state index in [0.717, 1.165) is 56.2 Å². The van der Waals surface area contributed by atoms with Crippen LogP contribution in [-0.2, 0) is 38.4 Å². The predicted octanol–water partition coefficient (Wildman–Crippen LogP) is 2.20. The summed E-state index contributed by atoms with van der Waals surface area (Å²) in [6, 6.07) is 0.892. The standard InChI is InChI=1S/C23H34N2O6/c1-15(2)20(23(28)29-3)24-21(26)17-13-16-9-6-4-5-7-10-18(16)25(22(17)27)14-19-30-11-8-12-31-19/h13,15,19-20H,4-12,14H2,1-3H3,(H,24,26)/t20-/m0/s1. The fourth-order valence-electron chi connectivity index (χ4n) is 4.22. The van der Waals surface area contributed by atoms with Gasteiger partial charge in [-0.2, -0.15) is 0 Å². The third-order valence-corrected chi connectivity index (χ3v) is 5.98. The molecule has 0 aromatic carbocycles. The number of ether oxygens (including phenoxy) is 3. The van der Waals surface area contributed by atoms with Crippen molar-refractivity contribution in [3.05, 3.63) is 33.2 Å². The number of fused-ring (bicyclic) bond motifs is 1. The average Bonchev–Trinajstić information content (AvgIpc) is 2.74. The lowest BCUT2D eigenvalue weighted by atomic mass is 9.95. The van der Waals surface area contributed by atoms with Crippen LogP contribution in [0, 0.1) is 5.92 Å². The first-order valence-electron chi connectivity index (χ1n) is 11.3. The van der Waals surface area contributed by atoms with Crippen molar-refractivity contribution >= 4 is 11.9 Å². The van der Waals surface area contributed by atoms with E-state index in [2.05, 4.69) is 5.32 Å². The van der Waals surface area contributed by atoms with Crippen LogP contribution in [0.4, 0.5) is 0 Å². The van der Waals surface area contributed by atoms with Gasteiger partial charge in [-0.3, -0.25) is 9.59 Å². The number of nitrogens with one attached hydrogen (secondary N) is 1. The number of methoxy groups -OCH3 is 1. The van der Waals surface area contributed by atoms with Gasteiger partial charge in [0.25, 0.3) is 11.5 Å². The van der Waals surface area contributed by atoms with Crippen molar-refractivity contribution in [3.8, 4) is 0 Å². The van der Waals surface area contributed by atoms with E-state index in [4.69, 9.17) is 14.2 Å². The van der Waals surface area contributed by atoms with Crippen molar-refractivity contribution in [3.63, 3.8) is 0 Å². The maximum Gasteiger partial charge on any atom is 0.328 e. The number of carbonyl (C=O) groups is 2. The second kappa shape index (κ2) is 10.9. The summed E-state index contributed by atoms with van der Waals surface area (Å²) in [4.78, 5) is 38.6. The summed E-state index contributed by atoms with van der Waals surface area (Å²) in [5.41, 5.74) is 1.65. The minimum Gasteiger partial charge on any atom is -0.467 e. The van der Waals surface area contributed by atoms with E-state index in [9.17, 15) is 14.4 Å². The summed E-state index contributed by atoms with van der Waals surface area (Å²) >= 11 is 0. The maximum atomic E-state index is 13.4. The Hall–Kier alpha value is -2.19. The first kappa shape index (κ1) is 23.5. The Morgan fingerprint density at radius 2 is 1.81 bits per heavy atom. The lowest BCUT2D eigenvalue weighted by Gasteiger charge is -2.27. The van der Waals surface area contributed by atoms with Crippen molar-refractivity contribution in [1.29, 1.82) is 0 Å². The lowest BCUT2D eigenvalue weighted by Crippen LogP contribution is -2.47. The van der Waals surface area contributed by atoms with Gasteiger partial charge in [-0.1, -0.05) is 26.7 Å².